The average molecular weight is 270 g/mol. The summed E-state index contributed by atoms with van der Waals surface area (Å²) in [5.41, 5.74) is 2.24. The lowest BCUT2D eigenvalue weighted by Gasteiger charge is -2.11. The molecular weight excluding hydrogens is 254 g/mol. The molecule has 0 saturated carbocycles. The second-order valence-corrected chi connectivity index (χ2v) is 5.89. The van der Waals surface area contributed by atoms with E-state index in [4.69, 9.17) is 11.6 Å². The molecule has 0 amide bonds. The van der Waals surface area contributed by atoms with E-state index in [0.29, 0.717) is 6.04 Å². The van der Waals surface area contributed by atoms with E-state index in [1.165, 1.54) is 10.6 Å². The van der Waals surface area contributed by atoms with Gasteiger partial charge in [-0.05, 0) is 32.0 Å². The minimum Gasteiger partial charge on any atom is -0.304 e. The first kappa shape index (κ1) is 12.6. The lowest BCUT2D eigenvalue weighted by molar-refractivity contribution is 0.554. The second kappa shape index (κ2) is 5.21. The van der Waals surface area contributed by atoms with Gasteiger partial charge in [-0.3, -0.25) is 4.68 Å². The van der Waals surface area contributed by atoms with Gasteiger partial charge in [-0.2, -0.15) is 5.10 Å². The van der Waals surface area contributed by atoms with Crippen molar-refractivity contribution in [2.45, 2.75) is 26.4 Å². The number of halogens is 1. The van der Waals surface area contributed by atoms with Gasteiger partial charge >= 0.3 is 0 Å². The molecule has 2 heterocycles. The minimum absolute atomic E-state index is 0.308. The molecule has 2 rings (SSSR count). The summed E-state index contributed by atoms with van der Waals surface area (Å²) in [6.07, 6.45) is 0. The van der Waals surface area contributed by atoms with Gasteiger partial charge in [0, 0.05) is 24.5 Å². The SMILES string of the molecule is Cc1cc(CNC(C)c2ccc(Cl)s2)n(C)n1. The number of thiophene rings is 1. The van der Waals surface area contributed by atoms with Crippen LogP contribution in [-0.4, -0.2) is 9.78 Å². The Kier molecular flexibility index (Phi) is 3.86. The summed E-state index contributed by atoms with van der Waals surface area (Å²) >= 11 is 7.55. The highest BCUT2D eigenvalue weighted by atomic mass is 35.5. The molecule has 1 atom stereocenters. The van der Waals surface area contributed by atoms with E-state index in [1.54, 1.807) is 11.3 Å². The Balaban J connectivity index is 1.96. The zero-order valence-corrected chi connectivity index (χ0v) is 11.8. The number of rotatable bonds is 4. The summed E-state index contributed by atoms with van der Waals surface area (Å²) in [5.74, 6) is 0. The van der Waals surface area contributed by atoms with Crippen molar-refractivity contribution >= 4 is 22.9 Å². The molecule has 3 nitrogen and oxygen atoms in total. The second-order valence-electron chi connectivity index (χ2n) is 4.15. The van der Waals surface area contributed by atoms with Crippen LogP contribution in [0.5, 0.6) is 0 Å². The molecule has 1 unspecified atom stereocenters. The minimum atomic E-state index is 0.308. The monoisotopic (exact) mass is 269 g/mol. The van der Waals surface area contributed by atoms with E-state index < -0.39 is 0 Å². The lowest BCUT2D eigenvalue weighted by atomic mass is 10.2. The predicted molar refractivity (Wildman–Crippen MR) is 72.5 cm³/mol. The molecule has 2 aromatic rings. The van der Waals surface area contributed by atoms with E-state index in [2.05, 4.69) is 29.5 Å². The maximum Gasteiger partial charge on any atom is 0.0931 e. The maximum atomic E-state index is 5.93. The summed E-state index contributed by atoms with van der Waals surface area (Å²) in [7, 11) is 1.97. The molecule has 0 saturated heterocycles. The first-order valence-electron chi connectivity index (χ1n) is 5.54. The van der Waals surface area contributed by atoms with Crippen molar-refractivity contribution in [3.63, 3.8) is 0 Å². The Morgan fingerprint density at radius 3 is 2.82 bits per heavy atom. The molecule has 0 spiro atoms. The molecule has 0 aliphatic heterocycles. The third kappa shape index (κ3) is 3.09. The van der Waals surface area contributed by atoms with E-state index in [1.807, 2.05) is 24.7 Å². The Bertz CT molecular complexity index is 504. The van der Waals surface area contributed by atoms with Gasteiger partial charge < -0.3 is 5.32 Å². The number of hydrogen-bond donors (Lipinski definition) is 1. The number of aromatic nitrogens is 2. The zero-order chi connectivity index (χ0) is 12.4. The molecule has 0 radical (unpaired) electrons. The molecule has 92 valence electrons. The smallest absolute Gasteiger partial charge is 0.0931 e. The van der Waals surface area contributed by atoms with Crippen molar-refractivity contribution in [1.82, 2.24) is 15.1 Å². The number of nitrogens with one attached hydrogen (secondary N) is 1. The van der Waals surface area contributed by atoms with E-state index >= 15 is 0 Å². The molecule has 0 fully saturated rings. The van der Waals surface area contributed by atoms with Gasteiger partial charge in [0.25, 0.3) is 0 Å². The molecule has 1 N–H and O–H groups in total. The maximum absolute atomic E-state index is 5.93. The molecular formula is C12H16ClN3S. The van der Waals surface area contributed by atoms with Crippen molar-refractivity contribution in [2.24, 2.45) is 7.05 Å². The topological polar surface area (TPSA) is 29.9 Å². The first-order valence-corrected chi connectivity index (χ1v) is 6.74. The fraction of sp³-hybridized carbons (Fsp3) is 0.417. The fourth-order valence-electron chi connectivity index (χ4n) is 1.75. The average Bonchev–Trinajstić information content (AvgIpc) is 2.82. The third-order valence-corrected chi connectivity index (χ3v) is 4.12. The van der Waals surface area contributed by atoms with E-state index in [0.717, 1.165) is 16.6 Å². The van der Waals surface area contributed by atoms with Crippen LogP contribution in [0, 0.1) is 6.92 Å². The summed E-state index contributed by atoms with van der Waals surface area (Å²) in [6, 6.07) is 6.41. The van der Waals surface area contributed by atoms with Crippen LogP contribution in [0.1, 0.15) is 29.2 Å². The predicted octanol–water partition coefficient (Wildman–Crippen LogP) is 3.29. The van der Waals surface area contributed by atoms with Crippen molar-refractivity contribution in [3.8, 4) is 0 Å². The third-order valence-electron chi connectivity index (χ3n) is 2.71. The van der Waals surface area contributed by atoms with Gasteiger partial charge in [-0.1, -0.05) is 11.6 Å². The highest BCUT2D eigenvalue weighted by Gasteiger charge is 2.09. The van der Waals surface area contributed by atoms with E-state index in [-0.39, 0.29) is 0 Å². The Morgan fingerprint density at radius 2 is 2.29 bits per heavy atom. The van der Waals surface area contributed by atoms with Crippen LogP contribution in [-0.2, 0) is 13.6 Å². The molecule has 0 aromatic carbocycles. The van der Waals surface area contributed by atoms with Gasteiger partial charge in [0.1, 0.15) is 0 Å². The fourth-order valence-corrected chi connectivity index (χ4v) is 2.84. The van der Waals surface area contributed by atoms with Crippen molar-refractivity contribution in [1.29, 1.82) is 0 Å². The van der Waals surface area contributed by atoms with Crippen molar-refractivity contribution in [3.05, 3.63) is 38.8 Å². The summed E-state index contributed by atoms with van der Waals surface area (Å²) < 4.78 is 2.75. The molecule has 0 bridgehead atoms. The van der Waals surface area contributed by atoms with Crippen LogP contribution in [0.4, 0.5) is 0 Å². The van der Waals surface area contributed by atoms with Crippen LogP contribution in [0.15, 0.2) is 18.2 Å². The van der Waals surface area contributed by atoms with Gasteiger partial charge in [0.2, 0.25) is 0 Å². The van der Waals surface area contributed by atoms with Crippen LogP contribution < -0.4 is 5.32 Å². The van der Waals surface area contributed by atoms with Crippen LogP contribution in [0.2, 0.25) is 4.34 Å². The van der Waals surface area contributed by atoms with Crippen molar-refractivity contribution < 1.29 is 0 Å². The highest BCUT2D eigenvalue weighted by molar-refractivity contribution is 7.16. The normalized spacial score (nSPS) is 12.9. The Labute approximate surface area is 110 Å². The quantitative estimate of drug-likeness (QED) is 0.923. The lowest BCUT2D eigenvalue weighted by Crippen LogP contribution is -2.18. The standard InChI is InChI=1S/C12H16ClN3S/c1-8-6-10(16(3)15-8)7-14-9(2)11-4-5-12(13)17-11/h4-6,9,14H,7H2,1-3H3. The van der Waals surface area contributed by atoms with Crippen LogP contribution in [0.3, 0.4) is 0 Å². The van der Waals surface area contributed by atoms with E-state index in [9.17, 15) is 0 Å². The van der Waals surface area contributed by atoms with Crippen LogP contribution in [0.25, 0.3) is 0 Å². The summed E-state index contributed by atoms with van der Waals surface area (Å²) in [4.78, 5) is 1.26. The van der Waals surface area contributed by atoms with Gasteiger partial charge in [-0.25, -0.2) is 0 Å². The Morgan fingerprint density at radius 1 is 1.53 bits per heavy atom. The largest absolute Gasteiger partial charge is 0.304 e. The number of aryl methyl sites for hydroxylation is 2. The molecule has 5 heteroatoms. The summed E-state index contributed by atoms with van der Waals surface area (Å²) in [6.45, 7) is 4.96. The summed E-state index contributed by atoms with van der Waals surface area (Å²) in [5, 5.41) is 7.80. The first-order chi connectivity index (χ1) is 8.06. The molecule has 0 aliphatic rings. The Hall–Kier alpha value is -0.840. The number of hydrogen-bond acceptors (Lipinski definition) is 3. The van der Waals surface area contributed by atoms with Crippen molar-refractivity contribution in [2.75, 3.05) is 0 Å². The molecule has 17 heavy (non-hydrogen) atoms. The van der Waals surface area contributed by atoms with Gasteiger partial charge in [0.05, 0.1) is 15.7 Å². The van der Waals surface area contributed by atoms with Crippen LogP contribution >= 0.6 is 22.9 Å². The molecule has 0 aliphatic carbocycles. The zero-order valence-electron chi connectivity index (χ0n) is 10.2. The van der Waals surface area contributed by atoms with Gasteiger partial charge in [0.15, 0.2) is 0 Å². The highest BCUT2D eigenvalue weighted by Crippen LogP contribution is 2.26. The van der Waals surface area contributed by atoms with Gasteiger partial charge in [-0.15, -0.1) is 11.3 Å². The number of nitrogens with zero attached hydrogens (tertiary/aromatic N) is 2. The molecule has 2 aromatic heterocycles.